The van der Waals surface area contributed by atoms with Crippen molar-refractivity contribution in [2.24, 2.45) is 0 Å². The summed E-state index contributed by atoms with van der Waals surface area (Å²) in [4.78, 5) is 14.4. The van der Waals surface area contributed by atoms with Crippen LogP contribution in [0, 0.1) is 18.2 Å². The van der Waals surface area contributed by atoms with Crippen LogP contribution in [0.3, 0.4) is 0 Å². The Morgan fingerprint density at radius 3 is 1.19 bits per heavy atom. The van der Waals surface area contributed by atoms with Crippen LogP contribution in [-0.2, 0) is 20.1 Å². The number of pyridine rings is 3. The van der Waals surface area contributed by atoms with Crippen LogP contribution in [0.15, 0.2) is 214 Å². The van der Waals surface area contributed by atoms with Crippen LogP contribution in [-0.4, -0.2) is 15.0 Å². The molecule has 7 heteroatoms. The van der Waals surface area contributed by atoms with Gasteiger partial charge in [-0.05, 0) is 97.0 Å². The Morgan fingerprint density at radius 1 is 0.344 bits per heavy atom. The van der Waals surface area contributed by atoms with Gasteiger partial charge in [-0.1, -0.05) is 182 Å². The van der Waals surface area contributed by atoms with E-state index in [2.05, 4.69) is 198 Å². The summed E-state index contributed by atoms with van der Waals surface area (Å²) in [6.07, 6.45) is 5.73. The average Bonchev–Trinajstić information content (AvgIpc) is 3.34. The topological polar surface area (TPSA) is 38.7 Å². The van der Waals surface area contributed by atoms with E-state index in [9.17, 15) is 0 Å². The Bertz CT molecular complexity index is 3110. The second-order valence-corrected chi connectivity index (χ2v) is 17.7. The zero-order chi connectivity index (χ0) is 42.7. The summed E-state index contributed by atoms with van der Waals surface area (Å²) < 4.78 is 2.95. The summed E-state index contributed by atoms with van der Waals surface area (Å²) in [5.41, 5.74) is 18.3. The van der Waals surface area contributed by atoms with E-state index in [4.69, 9.17) is 9.97 Å². The molecule has 10 rings (SSSR count). The van der Waals surface area contributed by atoms with Gasteiger partial charge in [-0.2, -0.15) is 0 Å². The summed E-state index contributed by atoms with van der Waals surface area (Å²) in [6, 6.07) is 73.2. The molecule has 0 amide bonds. The van der Waals surface area contributed by atoms with E-state index < -0.39 is 0 Å². The minimum Gasteiger partial charge on any atom is -0.305 e. The fourth-order valence-electron chi connectivity index (χ4n) is 7.98. The third-order valence-electron chi connectivity index (χ3n) is 11.0. The normalized spacial score (nSPS) is 10.9. The van der Waals surface area contributed by atoms with Gasteiger partial charge in [0.05, 0.1) is 0 Å². The first-order valence-electron chi connectivity index (χ1n) is 20.3. The van der Waals surface area contributed by atoms with Crippen LogP contribution in [0.5, 0.6) is 0 Å². The number of aromatic nitrogens is 3. The molecule has 3 nitrogen and oxygen atoms in total. The van der Waals surface area contributed by atoms with Crippen molar-refractivity contribution in [1.29, 1.82) is 0 Å². The quantitative estimate of drug-likeness (QED) is 0.135. The smallest absolute Gasteiger partial charge is 0.305 e. The van der Waals surface area contributed by atoms with Gasteiger partial charge < -0.3 is 15.0 Å². The summed E-state index contributed by atoms with van der Waals surface area (Å²) in [5, 5.41) is 0. The maximum Gasteiger partial charge on any atom is 3.00 e. The summed E-state index contributed by atoms with van der Waals surface area (Å²) in [5.74, 6) is 0. The molecule has 0 radical (unpaired) electrons. The van der Waals surface area contributed by atoms with E-state index in [-0.39, 0.29) is 20.1 Å². The summed E-state index contributed by atoms with van der Waals surface area (Å²) in [7, 11) is 0. The maximum atomic E-state index is 4.91. The molecule has 3 aromatic heterocycles. The van der Waals surface area contributed by atoms with Crippen LogP contribution in [0.2, 0.25) is 0 Å². The molecule has 0 unspecified atom stereocenters. The molecule has 0 aliphatic carbocycles. The number of hydrogen-bond donors (Lipinski definition) is 0. The van der Waals surface area contributed by atoms with Crippen molar-refractivity contribution in [2.75, 3.05) is 0 Å². The molecule has 306 valence electrons. The van der Waals surface area contributed by atoms with Gasteiger partial charge in [-0.3, -0.25) is 0 Å². The van der Waals surface area contributed by atoms with Crippen molar-refractivity contribution >= 4 is 47.8 Å². The van der Waals surface area contributed by atoms with Gasteiger partial charge in [-0.15, -0.1) is 83.4 Å². The molecule has 0 aliphatic rings. The van der Waals surface area contributed by atoms with Gasteiger partial charge in [0.25, 0.3) is 0 Å². The van der Waals surface area contributed by atoms with E-state index in [0.29, 0.717) is 0 Å². The van der Waals surface area contributed by atoms with Crippen molar-refractivity contribution in [3.8, 4) is 101 Å². The Balaban J connectivity index is 0.00000518. The van der Waals surface area contributed by atoms with Crippen molar-refractivity contribution in [1.82, 2.24) is 15.0 Å². The second-order valence-electron chi connectivity index (χ2n) is 15.0. The fraction of sp³-hybridized carbons (Fsp3) is 0. The zero-order valence-electron chi connectivity index (χ0n) is 33.9. The molecular weight excluding hydrogens is 1160 g/mol. The average molecular weight is 1190 g/mol. The number of hydrogen-bond acceptors (Lipinski definition) is 3. The zero-order valence-corrected chi connectivity index (χ0v) is 41.0. The molecule has 64 heavy (non-hydrogen) atoms. The molecule has 0 saturated heterocycles. The Labute approximate surface area is 412 Å². The molecule has 0 aliphatic heterocycles. The van der Waals surface area contributed by atoms with Gasteiger partial charge in [0.2, 0.25) is 0 Å². The minimum atomic E-state index is 0. The Kier molecular flexibility index (Phi) is 13.2. The fourth-order valence-corrected chi connectivity index (χ4v) is 9.26. The Hall–Kier alpha value is -5.92. The number of benzene rings is 7. The van der Waals surface area contributed by atoms with Crippen LogP contribution >= 0.6 is 47.8 Å². The molecular formula is C57H33Br3IrN3. The second kappa shape index (κ2) is 19.4. The first-order chi connectivity index (χ1) is 30.9. The first-order valence-corrected chi connectivity index (χ1v) is 22.7. The number of rotatable bonds is 9. The SMILES string of the molecule is Brc1cc[c-]c(-c2ccc(-c3ccccc3-c3cc(-c4ccccc4-c4ccc(-c5[c-]ccc(Br)c5)nc4)cc(-c4ccccc4-c4c[c-]c(-c5ccccn5)cc4Br)c3)cn2)c1.[Ir+3]. The van der Waals surface area contributed by atoms with E-state index in [0.717, 1.165) is 114 Å². The Morgan fingerprint density at radius 2 is 0.766 bits per heavy atom. The summed E-state index contributed by atoms with van der Waals surface area (Å²) in [6.45, 7) is 0. The third-order valence-corrected chi connectivity index (χ3v) is 12.6. The van der Waals surface area contributed by atoms with Crippen molar-refractivity contribution < 1.29 is 20.1 Å². The molecule has 0 bridgehead atoms. The largest absolute Gasteiger partial charge is 3.00 e. The number of nitrogens with zero attached hydrogens (tertiary/aromatic N) is 3. The molecule has 0 spiro atoms. The molecule has 0 saturated carbocycles. The van der Waals surface area contributed by atoms with E-state index >= 15 is 0 Å². The van der Waals surface area contributed by atoms with Gasteiger partial charge >= 0.3 is 20.1 Å². The third kappa shape index (κ3) is 9.19. The van der Waals surface area contributed by atoms with Crippen LogP contribution < -0.4 is 0 Å². The van der Waals surface area contributed by atoms with Crippen LogP contribution in [0.4, 0.5) is 0 Å². The molecule has 10 aromatic rings. The predicted octanol–water partition coefficient (Wildman–Crippen LogP) is 16.6. The van der Waals surface area contributed by atoms with Crippen LogP contribution in [0.1, 0.15) is 0 Å². The van der Waals surface area contributed by atoms with Crippen molar-refractivity contribution in [2.45, 2.75) is 0 Å². The van der Waals surface area contributed by atoms with Crippen LogP contribution in [0.25, 0.3) is 101 Å². The van der Waals surface area contributed by atoms with E-state index in [1.165, 1.54) is 0 Å². The first kappa shape index (κ1) is 43.3. The monoisotopic (exact) mass is 1190 g/mol. The van der Waals surface area contributed by atoms with Gasteiger partial charge in [-0.25, -0.2) is 0 Å². The number of halogens is 3. The molecule has 3 heterocycles. The van der Waals surface area contributed by atoms with Gasteiger partial charge in [0, 0.05) is 18.6 Å². The van der Waals surface area contributed by atoms with E-state index in [1.54, 1.807) is 0 Å². The molecule has 7 aromatic carbocycles. The van der Waals surface area contributed by atoms with Gasteiger partial charge in [0.1, 0.15) is 0 Å². The maximum absolute atomic E-state index is 4.91. The van der Waals surface area contributed by atoms with Crippen molar-refractivity contribution in [3.63, 3.8) is 0 Å². The van der Waals surface area contributed by atoms with Gasteiger partial charge in [0.15, 0.2) is 0 Å². The standard InChI is InChI=1S/C57H33Br3N3.Ir/c58-45-13-9-11-37(32-45)56-26-23-40(35-62-56)47-15-1-3-17-49(47)42-29-43(50-18-4-2-16-48(50)41-24-27-57(63-36-41)38-12-10-14-46(59)33-38)31-44(30-42)51-19-5-6-20-52(51)53-25-22-39(34-54(53)60)55-21-7-8-28-61-55;/h1-10,13-21,23-36H;/q-3;+3. The predicted molar refractivity (Wildman–Crippen MR) is 268 cm³/mol. The molecule has 0 fully saturated rings. The minimum absolute atomic E-state index is 0. The summed E-state index contributed by atoms with van der Waals surface area (Å²) >= 11 is 11.1. The van der Waals surface area contributed by atoms with Crippen molar-refractivity contribution in [3.05, 3.63) is 232 Å². The molecule has 0 N–H and O–H groups in total. The molecule has 0 atom stereocenters. The van der Waals surface area contributed by atoms with E-state index in [1.807, 2.05) is 73.2 Å².